The lowest BCUT2D eigenvalue weighted by Crippen LogP contribution is -2.58. The lowest BCUT2D eigenvalue weighted by atomic mass is 9.85. The van der Waals surface area contributed by atoms with Crippen LogP contribution >= 0.6 is 22.9 Å². The highest BCUT2D eigenvalue weighted by molar-refractivity contribution is 7.13. The Bertz CT molecular complexity index is 3090. The Morgan fingerprint density at radius 1 is 0.890 bits per heavy atom. The lowest BCUT2D eigenvalue weighted by Gasteiger charge is -2.43. The smallest absolute Gasteiger partial charge is 0.410 e. The molecule has 5 aliphatic rings. The first kappa shape index (κ1) is 59.1. The Balaban J connectivity index is 0.720. The summed E-state index contributed by atoms with van der Waals surface area (Å²) in [4.78, 5) is 81.3. The second kappa shape index (κ2) is 25.0. The number of nitrogens with zero attached hydrogens (tertiary/aromatic N) is 8. The zero-order valence-electron chi connectivity index (χ0n) is 48.8. The molecule has 7 atom stereocenters. The van der Waals surface area contributed by atoms with Crippen LogP contribution in [0.15, 0.2) is 66.2 Å². The van der Waals surface area contributed by atoms with Crippen LogP contribution in [0.25, 0.3) is 21.2 Å². The predicted octanol–water partition coefficient (Wildman–Crippen LogP) is 8.88. The van der Waals surface area contributed by atoms with Gasteiger partial charge in [-0.05, 0) is 114 Å². The van der Waals surface area contributed by atoms with E-state index in [0.29, 0.717) is 43.9 Å². The highest BCUT2D eigenvalue weighted by Crippen LogP contribution is 2.40. The average Bonchev–Trinajstić information content (AvgIpc) is 3.46. The Morgan fingerprint density at radius 3 is 2.34 bits per heavy atom. The first-order valence-electron chi connectivity index (χ1n) is 29.3. The van der Waals surface area contributed by atoms with Gasteiger partial charge in [0.15, 0.2) is 0 Å². The lowest BCUT2D eigenvalue weighted by molar-refractivity contribution is -0.144. The Hall–Kier alpha value is -6.12. The summed E-state index contributed by atoms with van der Waals surface area (Å²) >= 11 is 8.43. The van der Waals surface area contributed by atoms with Crippen molar-refractivity contribution in [3.8, 4) is 16.5 Å². The van der Waals surface area contributed by atoms with Gasteiger partial charge < -0.3 is 44.7 Å². The summed E-state index contributed by atoms with van der Waals surface area (Å²) in [6.45, 7) is 20.7. The van der Waals surface area contributed by atoms with Gasteiger partial charge in [0.25, 0.3) is 0 Å². The molecule has 18 nitrogen and oxygen atoms in total. The number of likely N-dealkylation sites (tertiary alicyclic amines) is 2. The third-order valence-electron chi connectivity index (χ3n) is 16.8. The van der Waals surface area contributed by atoms with Crippen LogP contribution in [0, 0.1) is 12.3 Å². The molecule has 4 fully saturated rings. The number of aliphatic hydroxyl groups is 1. The van der Waals surface area contributed by atoms with E-state index in [0.717, 1.165) is 113 Å². The summed E-state index contributed by atoms with van der Waals surface area (Å²) in [6.07, 6.45) is 4.36. The molecule has 5 aliphatic heterocycles. The van der Waals surface area contributed by atoms with E-state index >= 15 is 0 Å². The quantitative estimate of drug-likeness (QED) is 0.0704. The topological polar surface area (TPSA) is 195 Å². The van der Waals surface area contributed by atoms with E-state index in [1.807, 2.05) is 102 Å². The number of rotatable bonds is 18. The van der Waals surface area contributed by atoms with Crippen molar-refractivity contribution in [2.24, 2.45) is 5.41 Å². The molecule has 0 radical (unpaired) electrons. The van der Waals surface area contributed by atoms with Gasteiger partial charge in [-0.3, -0.25) is 24.2 Å². The fourth-order valence-corrected chi connectivity index (χ4v) is 13.7. The van der Waals surface area contributed by atoms with Crippen LogP contribution in [0.5, 0.6) is 6.01 Å². The van der Waals surface area contributed by atoms with Gasteiger partial charge >= 0.3 is 12.1 Å². The van der Waals surface area contributed by atoms with Gasteiger partial charge in [0, 0.05) is 74.9 Å². The van der Waals surface area contributed by atoms with E-state index in [1.54, 1.807) is 11.3 Å². The maximum Gasteiger partial charge on any atom is 0.410 e. The number of halogens is 1. The molecule has 82 heavy (non-hydrogen) atoms. The molecule has 4 unspecified atom stereocenters. The number of aryl methyl sites for hydroxylation is 1. The third-order valence-corrected chi connectivity index (χ3v) is 18.0. The summed E-state index contributed by atoms with van der Waals surface area (Å²) in [5.74, 6) is -0.206. The van der Waals surface area contributed by atoms with Crippen molar-refractivity contribution in [1.29, 1.82) is 0 Å². The standard InChI is InChI=1S/C62H81ClN10O8S/c1-38(40-18-20-42(21-19-40)54-39(2)64-37-82-54)65-57(76)51-31-46(74)34-72(51)58(77)55(61(3,4)5)67-52(75)25-30-79-29-12-27-69-26-11-15-45(69)36-80-59-66-49-35-70(50-17-10-14-41-13-9-16-48(63)53(41)50)28-24-47(49)56(68-59)71-32-43-22-23-44(33-71)73(43)60(78)81-62(6,7)8/h9-10,13-14,16-21,37-38,43-46,51,55,74H,11-12,15,22-36H2,1-8H3,(H,65,76)(H,67,75)/t38?,43?,44?,45-,46+,51-,55?/m0/s1. The van der Waals surface area contributed by atoms with Crippen LogP contribution in [0.3, 0.4) is 0 Å². The second-order valence-electron chi connectivity index (χ2n) is 25.0. The number of fused-ring (bicyclic) bond motifs is 4. The number of hydrogen-bond donors (Lipinski definition) is 3. The largest absolute Gasteiger partial charge is 0.462 e. The van der Waals surface area contributed by atoms with Gasteiger partial charge in [0.05, 0.1) is 64.2 Å². The molecule has 0 saturated carbocycles. The molecule has 3 aromatic carbocycles. The number of β-amino-alcohol motifs (C(OH)–C–C–N with tert-alkyl or cyclic N) is 1. The van der Waals surface area contributed by atoms with Crippen molar-refractivity contribution in [2.45, 2.75) is 161 Å². The molecular weight excluding hydrogens is 1080 g/mol. The first-order chi connectivity index (χ1) is 39.2. The number of thiazole rings is 1. The number of benzene rings is 3. The number of carbonyl (C=O) groups excluding carboxylic acids is 4. The maximum absolute atomic E-state index is 14.3. The number of anilines is 2. The zero-order chi connectivity index (χ0) is 58.0. The number of amides is 4. The summed E-state index contributed by atoms with van der Waals surface area (Å²) in [6, 6.07) is 18.7. The van der Waals surface area contributed by atoms with E-state index in [9.17, 15) is 24.3 Å². The van der Waals surface area contributed by atoms with Crippen LogP contribution in [0.1, 0.15) is 122 Å². The van der Waals surface area contributed by atoms with Gasteiger partial charge in [-0.15, -0.1) is 11.3 Å². The molecule has 4 amide bonds. The molecule has 2 aromatic heterocycles. The van der Waals surface area contributed by atoms with Crippen molar-refractivity contribution in [2.75, 3.05) is 68.9 Å². The van der Waals surface area contributed by atoms with Crippen molar-refractivity contribution in [3.63, 3.8) is 0 Å². The molecule has 0 spiro atoms. The fourth-order valence-electron chi connectivity index (χ4n) is 12.6. The number of hydrogen-bond acceptors (Lipinski definition) is 15. The molecule has 2 bridgehead atoms. The molecule has 7 heterocycles. The average molecular weight is 1160 g/mol. The molecule has 5 aromatic rings. The van der Waals surface area contributed by atoms with E-state index in [1.165, 1.54) is 4.90 Å². The van der Waals surface area contributed by atoms with Gasteiger partial charge in [-0.2, -0.15) is 9.97 Å². The number of aliphatic hydroxyl groups excluding tert-OH is 1. The van der Waals surface area contributed by atoms with Crippen LogP contribution in [-0.4, -0.2) is 160 Å². The Labute approximate surface area is 491 Å². The third kappa shape index (κ3) is 13.4. The summed E-state index contributed by atoms with van der Waals surface area (Å²) < 4.78 is 18.5. The van der Waals surface area contributed by atoms with Crippen molar-refractivity contribution >= 4 is 69.0 Å². The molecule has 10 rings (SSSR count). The molecular formula is C62H81ClN10O8S. The number of ether oxygens (including phenoxy) is 3. The van der Waals surface area contributed by atoms with Crippen LogP contribution in [-0.2, 0) is 36.8 Å². The highest BCUT2D eigenvalue weighted by atomic mass is 35.5. The van der Waals surface area contributed by atoms with Gasteiger partial charge in [0.1, 0.15) is 30.1 Å². The molecule has 440 valence electrons. The minimum absolute atomic E-state index is 0.00665. The van der Waals surface area contributed by atoms with E-state index in [-0.39, 0.29) is 68.1 Å². The van der Waals surface area contributed by atoms with Gasteiger partial charge in [0.2, 0.25) is 17.7 Å². The van der Waals surface area contributed by atoms with Gasteiger partial charge in [-0.1, -0.05) is 80.9 Å². The number of carbonyl (C=O) groups is 4. The summed E-state index contributed by atoms with van der Waals surface area (Å²) in [5, 5.41) is 19.6. The minimum Gasteiger partial charge on any atom is -0.462 e. The Morgan fingerprint density at radius 2 is 1.63 bits per heavy atom. The van der Waals surface area contributed by atoms with Crippen molar-refractivity contribution in [1.82, 2.24) is 40.3 Å². The van der Waals surface area contributed by atoms with E-state index in [4.69, 9.17) is 35.8 Å². The van der Waals surface area contributed by atoms with E-state index in [2.05, 4.69) is 54.6 Å². The number of aromatic nitrogens is 3. The van der Waals surface area contributed by atoms with Crippen LogP contribution in [0.4, 0.5) is 16.3 Å². The van der Waals surface area contributed by atoms with Gasteiger partial charge in [-0.25, -0.2) is 9.78 Å². The fraction of sp³-hybridized carbons (Fsp3) is 0.565. The molecule has 20 heteroatoms. The molecule has 4 saturated heterocycles. The zero-order valence-corrected chi connectivity index (χ0v) is 50.4. The summed E-state index contributed by atoms with van der Waals surface area (Å²) in [7, 11) is 0. The van der Waals surface area contributed by atoms with Crippen molar-refractivity contribution in [3.05, 3.63) is 93.7 Å². The Kier molecular flexibility index (Phi) is 18.0. The normalized spacial score (nSPS) is 21.9. The predicted molar refractivity (Wildman–Crippen MR) is 319 cm³/mol. The van der Waals surface area contributed by atoms with Crippen molar-refractivity contribution < 1.29 is 38.5 Å². The highest BCUT2D eigenvalue weighted by Gasteiger charge is 2.47. The maximum atomic E-state index is 14.3. The summed E-state index contributed by atoms with van der Waals surface area (Å²) in [5.41, 5.74) is 6.60. The number of piperazine rings is 1. The monoisotopic (exact) mass is 1160 g/mol. The molecule has 0 aliphatic carbocycles. The first-order valence-corrected chi connectivity index (χ1v) is 30.6. The second-order valence-corrected chi connectivity index (χ2v) is 26.2. The van der Waals surface area contributed by atoms with Crippen LogP contribution in [0.2, 0.25) is 5.02 Å². The molecule has 3 N–H and O–H groups in total. The van der Waals surface area contributed by atoms with E-state index < -0.39 is 35.1 Å². The SMILES string of the molecule is Cc1ncsc1-c1ccc(C(C)NC(=O)[C@@H]2C[C@@H](O)CN2C(=O)C(NC(=O)CCOCCCN2CCC[C@H]2COc2nc3c(c(N4CC5CCC(C4)N5C(=O)OC(C)(C)C)n2)CCN(c2cccc4cccc(Cl)c24)C3)C(C)(C)C)cc1. The van der Waals surface area contributed by atoms with Crippen LogP contribution < -0.4 is 25.2 Å². The minimum atomic E-state index is -0.936. The number of nitrogens with one attached hydrogen (secondary N) is 2.